The molecule has 0 aromatic heterocycles. The molecule has 0 aliphatic carbocycles. The minimum Gasteiger partial charge on any atom is -0.298 e. The molecular formula is C28H36BN. The summed E-state index contributed by atoms with van der Waals surface area (Å²) in [6, 6.07) is 17.5. The Morgan fingerprint density at radius 2 is 0.900 bits per heavy atom. The van der Waals surface area contributed by atoms with Gasteiger partial charge in [-0.3, -0.25) is 4.48 Å². The Bertz CT molecular complexity index is 847. The van der Waals surface area contributed by atoms with E-state index in [0.29, 0.717) is 0 Å². The lowest BCUT2D eigenvalue weighted by molar-refractivity contribution is 0.486. The molecule has 0 bridgehead atoms. The number of hydrogen-bond donors (Lipinski definition) is 0. The van der Waals surface area contributed by atoms with Crippen molar-refractivity contribution in [2.75, 3.05) is 21.1 Å². The van der Waals surface area contributed by atoms with E-state index in [1.165, 1.54) is 22.3 Å². The van der Waals surface area contributed by atoms with Gasteiger partial charge in [0.1, 0.15) is 5.69 Å². The zero-order valence-electron chi connectivity index (χ0n) is 19.4. The fraction of sp³-hybridized carbons (Fsp3) is 0.214. The molecule has 2 aromatic carbocycles. The van der Waals surface area contributed by atoms with Gasteiger partial charge in [0.2, 0.25) is 0 Å². The predicted octanol–water partition coefficient (Wildman–Crippen LogP) is 6.82. The van der Waals surface area contributed by atoms with Gasteiger partial charge in [-0.25, -0.2) is 5.46 Å². The van der Waals surface area contributed by atoms with Crippen molar-refractivity contribution in [2.24, 2.45) is 0 Å². The van der Waals surface area contributed by atoms with Crippen molar-refractivity contribution >= 4 is 29.4 Å². The van der Waals surface area contributed by atoms with Gasteiger partial charge in [0.25, 0.3) is 0 Å². The lowest BCUT2D eigenvalue weighted by atomic mass is 9.27. The zero-order valence-corrected chi connectivity index (χ0v) is 19.4. The molecule has 1 nitrogen and oxygen atoms in total. The van der Waals surface area contributed by atoms with E-state index in [9.17, 15) is 0 Å². The smallest absolute Gasteiger partial charge is 0.132 e. The minimum atomic E-state index is -0.433. The second-order valence-corrected chi connectivity index (χ2v) is 9.74. The summed E-state index contributed by atoms with van der Waals surface area (Å²) in [7, 11) is 6.53. The molecule has 2 rings (SSSR count). The summed E-state index contributed by atoms with van der Waals surface area (Å²) in [5.74, 6) is 0. The highest BCUT2D eigenvalue weighted by atomic mass is 15.3. The third-order valence-corrected chi connectivity index (χ3v) is 4.96. The second-order valence-electron chi connectivity index (χ2n) is 9.74. The van der Waals surface area contributed by atoms with Crippen LogP contribution in [0.3, 0.4) is 0 Å². The quantitative estimate of drug-likeness (QED) is 0.260. The summed E-state index contributed by atoms with van der Waals surface area (Å²) >= 11 is 0. The van der Waals surface area contributed by atoms with Crippen LogP contribution in [0.5, 0.6) is 0 Å². The predicted molar refractivity (Wildman–Crippen MR) is 141 cm³/mol. The van der Waals surface area contributed by atoms with Crippen LogP contribution in [0.1, 0.15) is 11.1 Å². The fourth-order valence-corrected chi connectivity index (χ4v) is 2.94. The molecule has 0 heterocycles. The summed E-state index contributed by atoms with van der Waals surface area (Å²) in [6.45, 7) is 6.90. The summed E-state index contributed by atoms with van der Waals surface area (Å²) < 4.78 is 0.835. The maximum Gasteiger partial charge on any atom is 0.132 e. The molecule has 0 aliphatic rings. The van der Waals surface area contributed by atoms with E-state index in [4.69, 9.17) is 0 Å². The Balaban J connectivity index is 1.77. The first-order chi connectivity index (χ1) is 14.2. The average Bonchev–Trinajstić information content (AvgIpc) is 2.69. The Morgan fingerprint density at radius 3 is 1.27 bits per heavy atom. The van der Waals surface area contributed by atoms with Crippen LogP contribution in [-0.2, 0) is 0 Å². The monoisotopic (exact) mass is 397 g/mol. The molecule has 0 aliphatic heterocycles. The summed E-state index contributed by atoms with van der Waals surface area (Å²) in [5.41, 5.74) is 5.16. The van der Waals surface area contributed by atoms with Crippen molar-refractivity contribution < 1.29 is 0 Å². The van der Waals surface area contributed by atoms with E-state index in [2.05, 4.69) is 121 Å². The molecular weight excluding hydrogens is 361 g/mol. The number of quaternary nitrogens is 1. The van der Waals surface area contributed by atoms with E-state index >= 15 is 0 Å². The first-order valence-electron chi connectivity index (χ1n) is 10.8. The van der Waals surface area contributed by atoms with Crippen LogP contribution in [0, 0.1) is 0 Å². The van der Waals surface area contributed by atoms with E-state index in [-0.39, 0.29) is 0 Å². The third kappa shape index (κ3) is 8.27. The molecule has 2 aromatic rings. The first-order valence-corrected chi connectivity index (χ1v) is 10.8. The van der Waals surface area contributed by atoms with Crippen LogP contribution in [0.2, 0.25) is 20.5 Å². The molecule has 0 N–H and O–H groups in total. The molecule has 0 saturated heterocycles. The van der Waals surface area contributed by atoms with Crippen molar-refractivity contribution in [1.29, 1.82) is 0 Å². The second kappa shape index (κ2) is 10.8. The lowest BCUT2D eigenvalue weighted by Gasteiger charge is -2.24. The van der Waals surface area contributed by atoms with Crippen LogP contribution < -0.4 is 9.95 Å². The van der Waals surface area contributed by atoms with Crippen molar-refractivity contribution in [1.82, 2.24) is 4.48 Å². The Morgan fingerprint density at radius 1 is 0.533 bits per heavy atom. The van der Waals surface area contributed by atoms with Crippen LogP contribution >= 0.6 is 0 Å². The molecule has 156 valence electrons. The molecule has 0 amide bonds. The lowest BCUT2D eigenvalue weighted by Crippen LogP contribution is -2.37. The highest BCUT2D eigenvalue weighted by Crippen LogP contribution is 2.17. The number of allylic oxidation sites excluding steroid dienone is 8. The van der Waals surface area contributed by atoms with Gasteiger partial charge >= 0.3 is 0 Å². The minimum absolute atomic E-state index is 0.433. The maximum absolute atomic E-state index is 2.30. The normalized spacial score (nSPS) is 13.7. The van der Waals surface area contributed by atoms with Gasteiger partial charge in [0.05, 0.1) is 21.1 Å². The topological polar surface area (TPSA) is 0 Å². The van der Waals surface area contributed by atoms with Gasteiger partial charge in [-0.15, -0.1) is 0 Å². The molecule has 0 spiro atoms. The van der Waals surface area contributed by atoms with E-state index in [1.807, 2.05) is 30.4 Å². The highest BCUT2D eigenvalue weighted by molar-refractivity contribution is 6.88. The number of hydrogen-bond acceptors (Lipinski definition) is 0. The number of benzene rings is 2. The van der Waals surface area contributed by atoms with Gasteiger partial charge in [-0.1, -0.05) is 85.0 Å². The average molecular weight is 397 g/mol. The Hall–Kier alpha value is -2.84. The molecule has 0 atom stereocenters. The molecule has 0 saturated carbocycles. The van der Waals surface area contributed by atoms with Crippen LogP contribution in [-0.4, -0.2) is 27.3 Å². The summed E-state index contributed by atoms with van der Waals surface area (Å²) in [6.07, 6.45) is 20.2. The van der Waals surface area contributed by atoms with Gasteiger partial charge in [-0.05, 0) is 35.4 Å². The number of nitrogens with zero attached hydrogens (tertiary/aromatic N) is 1. The van der Waals surface area contributed by atoms with Gasteiger partial charge < -0.3 is 0 Å². The zero-order chi connectivity index (χ0) is 22.0. The van der Waals surface area contributed by atoms with E-state index < -0.39 is 6.15 Å². The first kappa shape index (κ1) is 23.4. The van der Waals surface area contributed by atoms with Crippen molar-refractivity contribution in [2.45, 2.75) is 20.5 Å². The van der Waals surface area contributed by atoms with Crippen molar-refractivity contribution in [3.8, 4) is 0 Å². The maximum atomic E-state index is 2.30. The number of rotatable bonds is 8. The Labute approximate surface area is 184 Å². The van der Waals surface area contributed by atoms with Gasteiger partial charge in [0, 0.05) is 6.15 Å². The van der Waals surface area contributed by atoms with Gasteiger partial charge in [0.15, 0.2) is 0 Å². The Kier molecular flexibility index (Phi) is 8.44. The van der Waals surface area contributed by atoms with Crippen LogP contribution in [0.15, 0.2) is 97.1 Å². The SMILES string of the molecule is C[B-](C)(C)c1ccc(/C=C/C=C/C=C/C=C/C=C/c2ccc([N+](C)(C)C)cc2)cc1. The fourth-order valence-electron chi connectivity index (χ4n) is 2.94. The van der Waals surface area contributed by atoms with Crippen molar-refractivity contribution in [3.05, 3.63) is 108 Å². The largest absolute Gasteiger partial charge is 0.298 e. The molecule has 30 heavy (non-hydrogen) atoms. The van der Waals surface area contributed by atoms with E-state index in [1.54, 1.807) is 0 Å². The third-order valence-electron chi connectivity index (χ3n) is 4.96. The summed E-state index contributed by atoms with van der Waals surface area (Å²) in [4.78, 5) is 0. The molecule has 0 radical (unpaired) electrons. The molecule has 0 fully saturated rings. The highest BCUT2D eigenvalue weighted by Gasteiger charge is 2.10. The van der Waals surface area contributed by atoms with Crippen LogP contribution in [0.25, 0.3) is 12.2 Å². The van der Waals surface area contributed by atoms with Crippen molar-refractivity contribution in [3.63, 3.8) is 0 Å². The molecule has 2 heteroatoms. The van der Waals surface area contributed by atoms with Gasteiger partial charge in [-0.2, -0.15) is 20.5 Å². The standard InChI is InChI=1S/C28H36BN/c1-29(2,3)27-21-17-25(18-22-27)15-13-11-9-7-8-10-12-14-16-26-19-23-28(24-20-26)30(4,5)6/h7-24H,1-6H3/b8-7+,11-9+,12-10+,15-13+,16-14+. The summed E-state index contributed by atoms with van der Waals surface area (Å²) in [5, 5.41) is 0. The molecule has 0 unspecified atom stereocenters. The van der Waals surface area contributed by atoms with Crippen LogP contribution in [0.4, 0.5) is 5.69 Å². The van der Waals surface area contributed by atoms with E-state index in [0.717, 1.165) is 4.48 Å².